The fourth-order valence-electron chi connectivity index (χ4n) is 4.37. The molecule has 0 unspecified atom stereocenters. The predicted octanol–water partition coefficient (Wildman–Crippen LogP) is 5.68. The highest BCUT2D eigenvalue weighted by molar-refractivity contribution is 7.15. The third-order valence-electron chi connectivity index (χ3n) is 6.42. The molecule has 0 atom stereocenters. The van der Waals surface area contributed by atoms with Crippen LogP contribution in [-0.4, -0.2) is 40.7 Å². The number of carbonyl (C=O) groups is 1. The van der Waals surface area contributed by atoms with Gasteiger partial charge < -0.3 is 18.9 Å². The summed E-state index contributed by atoms with van der Waals surface area (Å²) in [5.41, 5.74) is 6.55. The van der Waals surface area contributed by atoms with E-state index in [4.69, 9.17) is 14.0 Å². The second-order valence-electron chi connectivity index (χ2n) is 8.98. The Labute approximate surface area is 218 Å². The normalized spacial score (nSPS) is 13.3. The molecule has 4 aromatic rings. The highest BCUT2D eigenvalue weighted by atomic mass is 32.1. The smallest absolute Gasteiger partial charge is 0.227 e. The van der Waals surface area contributed by atoms with Crippen LogP contribution in [0.4, 0.5) is 0 Å². The topological polar surface area (TPSA) is 77.7 Å². The van der Waals surface area contributed by atoms with E-state index < -0.39 is 0 Å². The molecule has 1 aromatic carbocycles. The summed E-state index contributed by atoms with van der Waals surface area (Å²) in [4.78, 5) is 23.1. The van der Waals surface area contributed by atoms with Crippen molar-refractivity contribution in [2.45, 2.75) is 47.1 Å². The van der Waals surface area contributed by atoms with E-state index in [0.717, 1.165) is 50.9 Å². The molecule has 0 N–H and O–H groups in total. The van der Waals surface area contributed by atoms with E-state index in [0.29, 0.717) is 32.1 Å². The monoisotopic (exact) mass is 523 g/mol. The zero-order chi connectivity index (χ0) is 25.2. The van der Waals surface area contributed by atoms with E-state index in [-0.39, 0.29) is 12.3 Å². The van der Waals surface area contributed by atoms with Crippen molar-refractivity contribution < 1.29 is 18.8 Å². The summed E-state index contributed by atoms with van der Waals surface area (Å²) in [6, 6.07) is 8.44. The van der Waals surface area contributed by atoms with Gasteiger partial charge in [-0.2, -0.15) is 0 Å². The van der Waals surface area contributed by atoms with Gasteiger partial charge in [-0.25, -0.2) is 4.98 Å². The molecule has 4 heterocycles. The van der Waals surface area contributed by atoms with Crippen molar-refractivity contribution in [3.8, 4) is 21.9 Å². The van der Waals surface area contributed by atoms with Crippen LogP contribution >= 0.6 is 22.7 Å². The van der Waals surface area contributed by atoms with Crippen LogP contribution in [0, 0.1) is 27.7 Å². The van der Waals surface area contributed by atoms with Crippen molar-refractivity contribution >= 4 is 28.6 Å². The molecule has 36 heavy (non-hydrogen) atoms. The number of aryl methyl sites for hydroxylation is 4. The quantitative estimate of drug-likeness (QED) is 0.310. The predicted molar refractivity (Wildman–Crippen MR) is 141 cm³/mol. The molecule has 0 radical (unpaired) electrons. The Morgan fingerprint density at radius 1 is 1.17 bits per heavy atom. The number of fused-ring (bicyclic) bond motifs is 1. The summed E-state index contributed by atoms with van der Waals surface area (Å²) < 4.78 is 17.8. The second-order valence-corrected chi connectivity index (χ2v) is 11.2. The van der Waals surface area contributed by atoms with E-state index in [1.54, 1.807) is 22.7 Å². The lowest BCUT2D eigenvalue weighted by Crippen LogP contribution is -2.33. The first-order valence-electron chi connectivity index (χ1n) is 12.0. The Hall–Kier alpha value is -3.17. The number of carbonyl (C=O) groups excluding carboxylic acids is 1. The fourth-order valence-corrected chi connectivity index (χ4v) is 5.99. The Bertz CT molecular complexity index is 1370. The van der Waals surface area contributed by atoms with Crippen LogP contribution in [0.5, 0.6) is 11.5 Å². The summed E-state index contributed by atoms with van der Waals surface area (Å²) in [6.45, 7) is 9.73. The van der Waals surface area contributed by atoms with Gasteiger partial charge >= 0.3 is 0 Å². The number of hydrogen-bond acceptors (Lipinski definition) is 8. The first-order valence-corrected chi connectivity index (χ1v) is 13.7. The average molecular weight is 524 g/mol. The highest BCUT2D eigenvalue weighted by Crippen LogP contribution is 2.40. The lowest BCUT2D eigenvalue weighted by Gasteiger charge is -2.20. The summed E-state index contributed by atoms with van der Waals surface area (Å²) in [6.07, 6.45) is 1.05. The van der Waals surface area contributed by atoms with Crippen molar-refractivity contribution in [2.24, 2.45) is 0 Å². The van der Waals surface area contributed by atoms with Crippen LogP contribution in [0.1, 0.15) is 38.0 Å². The molecule has 0 aliphatic carbocycles. The van der Waals surface area contributed by atoms with Crippen LogP contribution in [-0.2, 0) is 24.2 Å². The third-order valence-corrected chi connectivity index (χ3v) is 8.46. The van der Waals surface area contributed by atoms with Gasteiger partial charge in [0.2, 0.25) is 5.91 Å². The Morgan fingerprint density at radius 3 is 2.72 bits per heavy atom. The first kappa shape index (κ1) is 24.5. The third kappa shape index (κ3) is 5.17. The minimum absolute atomic E-state index is 0.0290. The van der Waals surface area contributed by atoms with Gasteiger partial charge in [0.05, 0.1) is 36.5 Å². The Morgan fingerprint density at radius 2 is 2.03 bits per heavy atom. The van der Waals surface area contributed by atoms with Crippen LogP contribution in [0.2, 0.25) is 0 Å². The average Bonchev–Trinajstić information content (AvgIpc) is 3.51. The van der Waals surface area contributed by atoms with Crippen LogP contribution in [0.3, 0.4) is 0 Å². The highest BCUT2D eigenvalue weighted by Gasteiger charge is 2.25. The molecule has 5 rings (SSSR count). The maximum atomic E-state index is 13.3. The van der Waals surface area contributed by atoms with Crippen molar-refractivity contribution in [3.05, 3.63) is 67.8 Å². The van der Waals surface area contributed by atoms with Gasteiger partial charge in [-0.05, 0) is 57.5 Å². The number of rotatable bonds is 7. The van der Waals surface area contributed by atoms with Gasteiger partial charge in [-0.15, -0.1) is 22.7 Å². The Kier molecular flexibility index (Phi) is 7.11. The Balaban J connectivity index is 1.42. The van der Waals surface area contributed by atoms with E-state index in [1.807, 2.05) is 31.2 Å². The molecule has 1 aliphatic rings. The van der Waals surface area contributed by atoms with Gasteiger partial charge in [-0.1, -0.05) is 5.16 Å². The van der Waals surface area contributed by atoms with Crippen LogP contribution in [0.15, 0.2) is 34.3 Å². The second kappa shape index (κ2) is 10.4. The van der Waals surface area contributed by atoms with Crippen molar-refractivity contribution in [2.75, 3.05) is 19.8 Å². The molecular weight excluding hydrogens is 494 g/mol. The number of amides is 1. The van der Waals surface area contributed by atoms with E-state index in [1.165, 1.54) is 9.75 Å². The van der Waals surface area contributed by atoms with Crippen molar-refractivity contribution in [3.63, 3.8) is 0 Å². The minimum atomic E-state index is 0.0290. The number of benzene rings is 1. The van der Waals surface area contributed by atoms with E-state index in [9.17, 15) is 4.79 Å². The van der Waals surface area contributed by atoms with Gasteiger partial charge in [0, 0.05) is 38.7 Å². The number of thiazole rings is 1. The van der Waals surface area contributed by atoms with Gasteiger partial charge in [0.15, 0.2) is 11.5 Å². The van der Waals surface area contributed by atoms with Crippen molar-refractivity contribution in [1.29, 1.82) is 0 Å². The maximum absolute atomic E-state index is 13.3. The first-order chi connectivity index (χ1) is 17.4. The molecule has 0 saturated heterocycles. The lowest BCUT2D eigenvalue weighted by atomic mass is 10.1. The molecule has 1 aliphatic heterocycles. The van der Waals surface area contributed by atoms with Crippen LogP contribution < -0.4 is 9.47 Å². The summed E-state index contributed by atoms with van der Waals surface area (Å²) >= 11 is 3.39. The zero-order valence-corrected chi connectivity index (χ0v) is 22.6. The zero-order valence-electron chi connectivity index (χ0n) is 20.9. The fraction of sp³-hybridized carbons (Fsp3) is 0.370. The molecule has 7 nitrogen and oxygen atoms in total. The molecule has 188 valence electrons. The molecular formula is C27H29N3O4S2. The SMILES string of the molecule is Cc1ccc(-c2cc3c(c(OCCc4scnc4C)c2)OCCN(C(=O)Cc2c(C)noc2C)C3)s1. The molecule has 1 amide bonds. The van der Waals surface area contributed by atoms with Crippen molar-refractivity contribution in [1.82, 2.24) is 15.0 Å². The summed E-state index contributed by atoms with van der Waals surface area (Å²) in [5, 5.41) is 3.99. The lowest BCUT2D eigenvalue weighted by molar-refractivity contribution is -0.131. The largest absolute Gasteiger partial charge is 0.489 e. The van der Waals surface area contributed by atoms with Crippen LogP contribution in [0.25, 0.3) is 10.4 Å². The molecule has 9 heteroatoms. The molecule has 3 aromatic heterocycles. The van der Waals surface area contributed by atoms with Gasteiger partial charge in [0.1, 0.15) is 12.4 Å². The molecule has 0 bridgehead atoms. The number of thiophene rings is 1. The standard InChI is InChI=1S/C27H29N3O4S2/c1-16-5-6-25(36-16)20-11-21-14-30(26(31)13-22-17(2)29-34-19(22)4)8-10-33-27(21)23(12-20)32-9-7-24-18(3)28-15-35-24/h5-6,11-12,15H,7-10,13-14H2,1-4H3. The van der Waals surface area contributed by atoms with Gasteiger partial charge in [0.25, 0.3) is 0 Å². The summed E-state index contributed by atoms with van der Waals surface area (Å²) in [5.74, 6) is 2.16. The molecule has 0 saturated carbocycles. The summed E-state index contributed by atoms with van der Waals surface area (Å²) in [7, 11) is 0. The number of ether oxygens (including phenoxy) is 2. The van der Waals surface area contributed by atoms with E-state index in [2.05, 4.69) is 41.3 Å². The minimum Gasteiger partial charge on any atom is -0.489 e. The number of hydrogen-bond donors (Lipinski definition) is 0. The number of nitrogens with zero attached hydrogens (tertiary/aromatic N) is 3. The molecule has 0 spiro atoms. The maximum Gasteiger partial charge on any atom is 0.227 e. The number of aromatic nitrogens is 2. The van der Waals surface area contributed by atoms with E-state index >= 15 is 0 Å². The van der Waals surface area contributed by atoms with Gasteiger partial charge in [-0.3, -0.25) is 4.79 Å². The molecule has 0 fully saturated rings.